The number of aliphatic hydroxyl groups excluding tert-OH is 1. The van der Waals surface area contributed by atoms with Crippen LogP contribution in [-0.2, 0) is 14.3 Å². The van der Waals surface area contributed by atoms with E-state index in [2.05, 4.69) is 4.74 Å². The molecule has 10 heavy (non-hydrogen) atoms. The molecule has 0 radical (unpaired) electrons. The highest BCUT2D eigenvalue weighted by atomic mass is 16.5. The van der Waals surface area contributed by atoms with E-state index in [0.717, 1.165) is 0 Å². The minimum atomic E-state index is -0.740. The normalized spacial score (nSPS) is 33.1. The van der Waals surface area contributed by atoms with E-state index in [-0.39, 0.29) is 12.8 Å². The standard InChI is InChI=1S/C6H8O4/c7-3-5-1-4(8)2-6(9)10-5/h3-5,8H,1-2H2/t4-,5-/m0/s1. The van der Waals surface area contributed by atoms with Crippen molar-refractivity contribution in [1.82, 2.24) is 0 Å². The first-order valence-electron chi connectivity index (χ1n) is 3.05. The van der Waals surface area contributed by atoms with E-state index in [9.17, 15) is 9.59 Å². The van der Waals surface area contributed by atoms with Gasteiger partial charge in [-0.1, -0.05) is 0 Å². The first kappa shape index (κ1) is 7.21. The van der Waals surface area contributed by atoms with Crippen molar-refractivity contribution in [2.75, 3.05) is 0 Å². The maximum absolute atomic E-state index is 10.5. The van der Waals surface area contributed by atoms with Gasteiger partial charge in [0, 0.05) is 6.42 Å². The second-order valence-electron chi connectivity index (χ2n) is 2.26. The van der Waals surface area contributed by atoms with Gasteiger partial charge in [-0.15, -0.1) is 0 Å². The Morgan fingerprint density at radius 1 is 1.70 bits per heavy atom. The second-order valence-corrected chi connectivity index (χ2v) is 2.26. The van der Waals surface area contributed by atoms with Crippen LogP contribution in [0.2, 0.25) is 0 Å². The first-order valence-corrected chi connectivity index (χ1v) is 3.05. The predicted octanol–water partition coefficient (Wildman–Crippen LogP) is -0.748. The zero-order valence-electron chi connectivity index (χ0n) is 5.32. The van der Waals surface area contributed by atoms with Gasteiger partial charge in [0.25, 0.3) is 0 Å². The summed E-state index contributed by atoms with van der Waals surface area (Å²) in [6.45, 7) is 0. The van der Waals surface area contributed by atoms with Crippen LogP contribution in [0, 0.1) is 0 Å². The zero-order valence-corrected chi connectivity index (χ0v) is 5.32. The van der Waals surface area contributed by atoms with Crippen molar-refractivity contribution in [3.63, 3.8) is 0 Å². The molecule has 2 atom stereocenters. The molecule has 1 saturated heterocycles. The molecule has 4 nitrogen and oxygen atoms in total. The van der Waals surface area contributed by atoms with Crippen molar-refractivity contribution in [3.05, 3.63) is 0 Å². The highest BCUT2D eigenvalue weighted by Crippen LogP contribution is 2.12. The molecule has 0 aromatic rings. The van der Waals surface area contributed by atoms with Crippen LogP contribution >= 0.6 is 0 Å². The van der Waals surface area contributed by atoms with E-state index in [1.165, 1.54) is 0 Å². The molecule has 4 heteroatoms. The molecule has 1 heterocycles. The summed E-state index contributed by atoms with van der Waals surface area (Å²) in [5.74, 6) is -0.504. The van der Waals surface area contributed by atoms with E-state index in [4.69, 9.17) is 5.11 Å². The van der Waals surface area contributed by atoms with Gasteiger partial charge >= 0.3 is 5.97 Å². The van der Waals surface area contributed by atoms with Crippen LogP contribution in [0.1, 0.15) is 12.8 Å². The number of carbonyl (C=O) groups is 2. The lowest BCUT2D eigenvalue weighted by Crippen LogP contribution is -2.33. The molecule has 0 aromatic heterocycles. The summed E-state index contributed by atoms with van der Waals surface area (Å²) in [5.41, 5.74) is 0. The summed E-state index contributed by atoms with van der Waals surface area (Å²) in [6.07, 6.45) is -0.687. The average molecular weight is 144 g/mol. The van der Waals surface area contributed by atoms with Crippen LogP contribution in [0.4, 0.5) is 0 Å². The lowest BCUT2D eigenvalue weighted by molar-refractivity contribution is -0.161. The number of carbonyl (C=O) groups excluding carboxylic acids is 2. The molecule has 1 rings (SSSR count). The third-order valence-electron chi connectivity index (χ3n) is 1.34. The van der Waals surface area contributed by atoms with Crippen molar-refractivity contribution in [1.29, 1.82) is 0 Å². The highest BCUT2D eigenvalue weighted by molar-refractivity contribution is 5.74. The summed E-state index contributed by atoms with van der Waals surface area (Å²) >= 11 is 0. The molecule has 0 spiro atoms. The minimum Gasteiger partial charge on any atom is -0.454 e. The third kappa shape index (κ3) is 1.54. The topological polar surface area (TPSA) is 63.6 Å². The fraction of sp³-hybridized carbons (Fsp3) is 0.667. The Labute approximate surface area is 57.8 Å². The lowest BCUT2D eigenvalue weighted by atomic mass is 10.1. The molecular formula is C6H8O4. The van der Waals surface area contributed by atoms with Crippen LogP contribution in [0.5, 0.6) is 0 Å². The fourth-order valence-corrected chi connectivity index (χ4v) is 0.892. The SMILES string of the molecule is O=C[C@@H]1C[C@H](O)CC(=O)O1. The van der Waals surface area contributed by atoms with Gasteiger partial charge in [-0.3, -0.25) is 9.59 Å². The Hall–Kier alpha value is -0.900. The number of hydrogen-bond donors (Lipinski definition) is 1. The van der Waals surface area contributed by atoms with Crippen molar-refractivity contribution < 1.29 is 19.4 Å². The van der Waals surface area contributed by atoms with E-state index >= 15 is 0 Å². The summed E-state index contributed by atoms with van der Waals surface area (Å²) in [5, 5.41) is 8.92. The number of esters is 1. The molecule has 1 aliphatic heterocycles. The molecular weight excluding hydrogens is 136 g/mol. The number of rotatable bonds is 1. The highest BCUT2D eigenvalue weighted by Gasteiger charge is 2.26. The number of ether oxygens (including phenoxy) is 1. The molecule has 0 amide bonds. The maximum atomic E-state index is 10.5. The summed E-state index contributed by atoms with van der Waals surface area (Å²) in [7, 11) is 0. The predicted molar refractivity (Wildman–Crippen MR) is 31.2 cm³/mol. The van der Waals surface area contributed by atoms with Crippen LogP contribution in [0.15, 0.2) is 0 Å². The van der Waals surface area contributed by atoms with Gasteiger partial charge in [-0.25, -0.2) is 0 Å². The van der Waals surface area contributed by atoms with Crippen molar-refractivity contribution in [2.45, 2.75) is 25.0 Å². The molecule has 1 aliphatic rings. The molecule has 0 aliphatic carbocycles. The molecule has 1 N–H and O–H groups in total. The van der Waals surface area contributed by atoms with Gasteiger partial charge in [0.2, 0.25) is 0 Å². The van der Waals surface area contributed by atoms with Gasteiger partial charge in [0.1, 0.15) is 0 Å². The molecule has 0 aromatic carbocycles. The minimum absolute atomic E-state index is 0.00431. The first-order chi connectivity index (χ1) is 4.72. The zero-order chi connectivity index (χ0) is 7.56. The number of hydrogen-bond acceptors (Lipinski definition) is 4. The molecule has 0 bridgehead atoms. The largest absolute Gasteiger partial charge is 0.454 e. The van der Waals surface area contributed by atoms with Crippen LogP contribution in [0.3, 0.4) is 0 Å². The van der Waals surface area contributed by atoms with E-state index in [1.54, 1.807) is 0 Å². The quantitative estimate of drug-likeness (QED) is 0.388. The van der Waals surface area contributed by atoms with Gasteiger partial charge in [-0.05, 0) is 0 Å². The molecule has 1 fully saturated rings. The summed E-state index contributed by atoms with van der Waals surface area (Å²) in [6, 6.07) is 0. The lowest BCUT2D eigenvalue weighted by Gasteiger charge is -2.21. The third-order valence-corrected chi connectivity index (χ3v) is 1.34. The van der Waals surface area contributed by atoms with E-state index < -0.39 is 18.2 Å². The number of cyclic esters (lactones) is 1. The molecule has 0 saturated carbocycles. The Kier molecular flexibility index (Phi) is 2.01. The Balaban J connectivity index is 2.50. The van der Waals surface area contributed by atoms with Gasteiger partial charge in [0.15, 0.2) is 12.4 Å². The number of aldehydes is 1. The van der Waals surface area contributed by atoms with Gasteiger partial charge in [-0.2, -0.15) is 0 Å². The van der Waals surface area contributed by atoms with Crippen molar-refractivity contribution in [2.24, 2.45) is 0 Å². The van der Waals surface area contributed by atoms with Crippen LogP contribution < -0.4 is 0 Å². The van der Waals surface area contributed by atoms with Crippen LogP contribution in [0.25, 0.3) is 0 Å². The summed E-state index contributed by atoms with van der Waals surface area (Å²) < 4.78 is 4.54. The number of aliphatic hydroxyl groups is 1. The Bertz CT molecular complexity index is 154. The van der Waals surface area contributed by atoms with Gasteiger partial charge in [0.05, 0.1) is 12.5 Å². The van der Waals surface area contributed by atoms with Gasteiger partial charge < -0.3 is 9.84 Å². The smallest absolute Gasteiger partial charge is 0.309 e. The monoisotopic (exact) mass is 144 g/mol. The van der Waals surface area contributed by atoms with Crippen molar-refractivity contribution >= 4 is 12.3 Å². The molecule has 56 valence electrons. The van der Waals surface area contributed by atoms with Crippen LogP contribution in [-0.4, -0.2) is 29.6 Å². The Morgan fingerprint density at radius 3 is 2.90 bits per heavy atom. The fourth-order valence-electron chi connectivity index (χ4n) is 0.892. The van der Waals surface area contributed by atoms with E-state index in [0.29, 0.717) is 6.29 Å². The van der Waals surface area contributed by atoms with Crippen molar-refractivity contribution in [3.8, 4) is 0 Å². The second kappa shape index (κ2) is 2.79. The average Bonchev–Trinajstić information content (AvgIpc) is 1.85. The van der Waals surface area contributed by atoms with E-state index in [1.807, 2.05) is 0 Å². The maximum Gasteiger partial charge on any atom is 0.309 e. The Morgan fingerprint density at radius 2 is 2.40 bits per heavy atom. The summed E-state index contributed by atoms with van der Waals surface area (Å²) in [4.78, 5) is 20.6. The molecule has 0 unspecified atom stereocenters.